The van der Waals surface area contributed by atoms with Crippen LogP contribution in [0.1, 0.15) is 39.7 Å². The largest absolute Gasteiger partial charge is 0.478 e. The number of guanidine groups is 1. The molecule has 1 aromatic heterocycles. The van der Waals surface area contributed by atoms with Crippen LogP contribution in [-0.4, -0.2) is 30.6 Å². The summed E-state index contributed by atoms with van der Waals surface area (Å²) in [4.78, 5) is 8.75. The summed E-state index contributed by atoms with van der Waals surface area (Å²) in [6, 6.07) is 3.90. The number of pyridine rings is 1. The van der Waals surface area contributed by atoms with E-state index in [1.807, 2.05) is 19.1 Å². The highest BCUT2D eigenvalue weighted by atomic mass is 127. The highest BCUT2D eigenvalue weighted by molar-refractivity contribution is 14.0. The van der Waals surface area contributed by atoms with Crippen LogP contribution >= 0.6 is 24.0 Å². The second-order valence-corrected chi connectivity index (χ2v) is 5.24. The van der Waals surface area contributed by atoms with Crippen molar-refractivity contribution in [1.29, 1.82) is 0 Å². The fourth-order valence-electron chi connectivity index (χ4n) is 1.77. The molecule has 5 nitrogen and oxygen atoms in total. The second kappa shape index (κ2) is 12.5. The van der Waals surface area contributed by atoms with Crippen molar-refractivity contribution in [1.82, 2.24) is 15.6 Å². The van der Waals surface area contributed by atoms with Crippen molar-refractivity contribution >= 4 is 29.9 Å². The first-order chi connectivity index (χ1) is 10.2. The van der Waals surface area contributed by atoms with Crippen LogP contribution in [0.2, 0.25) is 0 Å². The van der Waals surface area contributed by atoms with Crippen molar-refractivity contribution in [2.75, 3.05) is 19.7 Å². The molecule has 0 atom stereocenters. The number of halogens is 1. The smallest absolute Gasteiger partial charge is 0.213 e. The van der Waals surface area contributed by atoms with Gasteiger partial charge in [0.2, 0.25) is 5.88 Å². The van der Waals surface area contributed by atoms with E-state index in [0.29, 0.717) is 24.9 Å². The summed E-state index contributed by atoms with van der Waals surface area (Å²) in [6.45, 7) is 11.5. The van der Waals surface area contributed by atoms with Gasteiger partial charge >= 0.3 is 0 Å². The fourth-order valence-corrected chi connectivity index (χ4v) is 1.77. The third-order valence-corrected chi connectivity index (χ3v) is 2.87. The average molecular weight is 420 g/mol. The zero-order valence-corrected chi connectivity index (χ0v) is 16.4. The normalized spacial score (nSPS) is 11.0. The van der Waals surface area contributed by atoms with Gasteiger partial charge in [-0.1, -0.05) is 13.8 Å². The molecule has 0 amide bonds. The Morgan fingerprint density at radius 3 is 2.73 bits per heavy atom. The first-order valence-electron chi connectivity index (χ1n) is 7.75. The molecule has 0 unspecified atom stereocenters. The van der Waals surface area contributed by atoms with Crippen LogP contribution in [-0.2, 0) is 6.54 Å². The van der Waals surface area contributed by atoms with Gasteiger partial charge in [0.15, 0.2) is 5.96 Å². The minimum absolute atomic E-state index is 0. The Kier molecular flexibility index (Phi) is 11.9. The molecule has 0 saturated heterocycles. The van der Waals surface area contributed by atoms with Gasteiger partial charge in [-0.25, -0.2) is 9.98 Å². The Hall–Kier alpha value is -1.05. The quantitative estimate of drug-likeness (QED) is 0.385. The van der Waals surface area contributed by atoms with Gasteiger partial charge in [0, 0.05) is 25.4 Å². The molecule has 0 spiro atoms. The molecule has 0 bridgehead atoms. The third-order valence-electron chi connectivity index (χ3n) is 2.87. The van der Waals surface area contributed by atoms with Crippen molar-refractivity contribution in [2.24, 2.45) is 10.9 Å². The molecule has 6 heteroatoms. The lowest BCUT2D eigenvalue weighted by atomic mass is 10.1. The summed E-state index contributed by atoms with van der Waals surface area (Å²) in [7, 11) is 0. The van der Waals surface area contributed by atoms with Gasteiger partial charge in [-0.2, -0.15) is 0 Å². The van der Waals surface area contributed by atoms with Crippen molar-refractivity contribution in [3.05, 3.63) is 23.9 Å². The maximum absolute atomic E-state index is 5.40. The molecular formula is C16H29IN4O. The minimum atomic E-state index is 0. The average Bonchev–Trinajstić information content (AvgIpc) is 2.45. The number of nitrogens with one attached hydrogen (secondary N) is 2. The minimum Gasteiger partial charge on any atom is -0.478 e. The number of nitrogens with zero attached hydrogens (tertiary/aromatic N) is 2. The molecule has 0 aliphatic carbocycles. The van der Waals surface area contributed by atoms with Gasteiger partial charge in [-0.15, -0.1) is 24.0 Å². The van der Waals surface area contributed by atoms with Crippen LogP contribution < -0.4 is 15.4 Å². The van der Waals surface area contributed by atoms with Gasteiger partial charge in [0.25, 0.3) is 0 Å². The van der Waals surface area contributed by atoms with Crippen molar-refractivity contribution < 1.29 is 4.74 Å². The number of rotatable bonds is 8. The van der Waals surface area contributed by atoms with Crippen LogP contribution in [0.5, 0.6) is 5.88 Å². The van der Waals surface area contributed by atoms with Crippen LogP contribution in [0.4, 0.5) is 0 Å². The van der Waals surface area contributed by atoms with E-state index < -0.39 is 0 Å². The first-order valence-corrected chi connectivity index (χ1v) is 7.75. The highest BCUT2D eigenvalue weighted by Crippen LogP contribution is 2.10. The van der Waals surface area contributed by atoms with E-state index in [1.54, 1.807) is 6.20 Å². The molecule has 0 aliphatic heterocycles. The summed E-state index contributed by atoms with van der Waals surface area (Å²) in [5, 5.41) is 6.61. The van der Waals surface area contributed by atoms with Gasteiger partial charge in [0.1, 0.15) is 0 Å². The lowest BCUT2D eigenvalue weighted by Gasteiger charge is -2.12. The van der Waals surface area contributed by atoms with Gasteiger partial charge in [-0.05, 0) is 37.8 Å². The highest BCUT2D eigenvalue weighted by Gasteiger charge is 2.00. The number of aliphatic imine (C=N–C) groups is 1. The molecule has 0 saturated carbocycles. The zero-order chi connectivity index (χ0) is 15.5. The molecule has 1 aromatic rings. The maximum atomic E-state index is 5.40. The van der Waals surface area contributed by atoms with Crippen molar-refractivity contribution in [3.63, 3.8) is 0 Å². The zero-order valence-electron chi connectivity index (χ0n) is 14.1. The molecule has 0 aliphatic rings. The monoisotopic (exact) mass is 420 g/mol. The van der Waals surface area contributed by atoms with E-state index in [-0.39, 0.29) is 24.0 Å². The van der Waals surface area contributed by atoms with Crippen LogP contribution in [0, 0.1) is 5.92 Å². The van der Waals surface area contributed by atoms with E-state index in [2.05, 4.69) is 41.4 Å². The Morgan fingerprint density at radius 2 is 2.09 bits per heavy atom. The fraction of sp³-hybridized carbons (Fsp3) is 0.625. The van der Waals surface area contributed by atoms with E-state index in [4.69, 9.17) is 4.74 Å². The number of hydrogen-bond donors (Lipinski definition) is 2. The molecule has 0 fully saturated rings. The van der Waals surface area contributed by atoms with Gasteiger partial charge in [-0.3, -0.25) is 0 Å². The Balaban J connectivity index is 0.00000441. The van der Waals surface area contributed by atoms with Crippen LogP contribution in [0.3, 0.4) is 0 Å². The third kappa shape index (κ3) is 9.07. The van der Waals surface area contributed by atoms with Crippen molar-refractivity contribution in [2.45, 2.75) is 40.7 Å². The SMILES string of the molecule is CCNC(=NCc1ccnc(OCC)c1)NCCC(C)C.I. The lowest BCUT2D eigenvalue weighted by molar-refractivity contribution is 0.326. The van der Waals surface area contributed by atoms with E-state index in [0.717, 1.165) is 31.0 Å². The topological polar surface area (TPSA) is 58.5 Å². The summed E-state index contributed by atoms with van der Waals surface area (Å²) in [5.41, 5.74) is 1.09. The van der Waals surface area contributed by atoms with E-state index in [1.165, 1.54) is 0 Å². The van der Waals surface area contributed by atoms with Crippen LogP contribution in [0.15, 0.2) is 23.3 Å². The molecule has 1 rings (SSSR count). The number of hydrogen-bond acceptors (Lipinski definition) is 3. The maximum Gasteiger partial charge on any atom is 0.213 e. The molecule has 0 aromatic carbocycles. The summed E-state index contributed by atoms with van der Waals surface area (Å²) in [5.74, 6) is 2.20. The Bertz CT molecular complexity index is 438. The summed E-state index contributed by atoms with van der Waals surface area (Å²) < 4.78 is 5.40. The van der Waals surface area contributed by atoms with Gasteiger partial charge in [0.05, 0.1) is 13.2 Å². The summed E-state index contributed by atoms with van der Waals surface area (Å²) >= 11 is 0. The number of aromatic nitrogens is 1. The lowest BCUT2D eigenvalue weighted by Crippen LogP contribution is -2.38. The molecule has 22 heavy (non-hydrogen) atoms. The molecule has 1 heterocycles. The predicted octanol–water partition coefficient (Wildman–Crippen LogP) is 3.20. The number of ether oxygens (including phenoxy) is 1. The second-order valence-electron chi connectivity index (χ2n) is 5.24. The van der Waals surface area contributed by atoms with Crippen molar-refractivity contribution in [3.8, 4) is 5.88 Å². The van der Waals surface area contributed by atoms with E-state index in [9.17, 15) is 0 Å². The molecule has 126 valence electrons. The Labute approximate surface area is 151 Å². The van der Waals surface area contributed by atoms with Gasteiger partial charge < -0.3 is 15.4 Å². The predicted molar refractivity (Wildman–Crippen MR) is 103 cm³/mol. The molecule has 0 radical (unpaired) electrons. The first kappa shape index (κ1) is 20.9. The molecular weight excluding hydrogens is 391 g/mol. The summed E-state index contributed by atoms with van der Waals surface area (Å²) in [6.07, 6.45) is 2.89. The molecule has 2 N–H and O–H groups in total. The van der Waals surface area contributed by atoms with E-state index >= 15 is 0 Å². The standard InChI is InChI=1S/C16H28N4O.HI/c1-5-17-16(19-9-7-13(3)4)20-12-14-8-10-18-15(11-14)21-6-2;/h8,10-11,13H,5-7,9,12H2,1-4H3,(H2,17,19,20);1H. The van der Waals surface area contributed by atoms with Crippen LogP contribution in [0.25, 0.3) is 0 Å². The Morgan fingerprint density at radius 1 is 1.32 bits per heavy atom.